The number of amides is 1. The SMILES string of the molecule is O=C(CCc1cnc[nH]1)NCCc1ccc(F)cc1. The molecule has 0 bridgehead atoms. The zero-order chi connectivity index (χ0) is 13.5. The highest BCUT2D eigenvalue weighted by Gasteiger charge is 2.02. The number of halogens is 1. The van der Waals surface area contributed by atoms with Crippen LogP contribution in [0.25, 0.3) is 0 Å². The summed E-state index contributed by atoms with van der Waals surface area (Å²) < 4.78 is 12.7. The molecule has 0 spiro atoms. The fraction of sp³-hybridized carbons (Fsp3) is 0.286. The number of aryl methyl sites for hydroxylation is 1. The van der Waals surface area contributed by atoms with Crippen molar-refractivity contribution in [2.24, 2.45) is 0 Å². The van der Waals surface area contributed by atoms with Crippen molar-refractivity contribution in [3.05, 3.63) is 53.9 Å². The Morgan fingerprint density at radius 2 is 2.05 bits per heavy atom. The van der Waals surface area contributed by atoms with E-state index in [9.17, 15) is 9.18 Å². The lowest BCUT2D eigenvalue weighted by Gasteiger charge is -2.05. The number of H-pyrrole nitrogens is 1. The number of aromatic nitrogens is 2. The summed E-state index contributed by atoms with van der Waals surface area (Å²) >= 11 is 0. The van der Waals surface area contributed by atoms with E-state index >= 15 is 0 Å². The predicted octanol–water partition coefficient (Wildman–Crippen LogP) is 1.84. The molecule has 0 saturated heterocycles. The molecule has 4 nitrogen and oxygen atoms in total. The van der Waals surface area contributed by atoms with Gasteiger partial charge in [-0.2, -0.15) is 0 Å². The average Bonchev–Trinajstić information content (AvgIpc) is 2.92. The number of carbonyl (C=O) groups is 1. The molecule has 0 aliphatic rings. The minimum Gasteiger partial charge on any atom is -0.356 e. The number of benzene rings is 1. The monoisotopic (exact) mass is 261 g/mol. The van der Waals surface area contributed by atoms with Gasteiger partial charge in [-0.05, 0) is 30.5 Å². The minimum absolute atomic E-state index is 0.0108. The van der Waals surface area contributed by atoms with Crippen LogP contribution in [-0.2, 0) is 17.6 Å². The van der Waals surface area contributed by atoms with Crippen LogP contribution in [0, 0.1) is 5.82 Å². The number of imidazole rings is 1. The van der Waals surface area contributed by atoms with Gasteiger partial charge in [-0.1, -0.05) is 12.1 Å². The fourth-order valence-electron chi connectivity index (χ4n) is 1.76. The lowest BCUT2D eigenvalue weighted by Crippen LogP contribution is -2.25. The molecule has 1 amide bonds. The van der Waals surface area contributed by atoms with Crippen LogP contribution in [0.2, 0.25) is 0 Å². The molecule has 0 atom stereocenters. The molecular weight excluding hydrogens is 245 g/mol. The molecule has 100 valence electrons. The highest BCUT2D eigenvalue weighted by Crippen LogP contribution is 2.03. The largest absolute Gasteiger partial charge is 0.356 e. The van der Waals surface area contributed by atoms with E-state index in [1.54, 1.807) is 24.7 Å². The van der Waals surface area contributed by atoms with Crippen LogP contribution < -0.4 is 5.32 Å². The molecule has 0 aliphatic carbocycles. The quantitative estimate of drug-likeness (QED) is 0.833. The van der Waals surface area contributed by atoms with Crippen molar-refractivity contribution in [3.8, 4) is 0 Å². The van der Waals surface area contributed by atoms with E-state index in [-0.39, 0.29) is 11.7 Å². The van der Waals surface area contributed by atoms with Gasteiger partial charge in [-0.3, -0.25) is 4.79 Å². The van der Waals surface area contributed by atoms with Crippen LogP contribution in [0.1, 0.15) is 17.7 Å². The topological polar surface area (TPSA) is 57.8 Å². The minimum atomic E-state index is -0.243. The van der Waals surface area contributed by atoms with Gasteiger partial charge in [-0.15, -0.1) is 0 Å². The third-order valence-corrected chi connectivity index (χ3v) is 2.83. The number of hydrogen-bond acceptors (Lipinski definition) is 2. The second kappa shape index (κ2) is 6.68. The predicted molar refractivity (Wildman–Crippen MR) is 70.0 cm³/mol. The first kappa shape index (κ1) is 13.3. The molecule has 2 rings (SSSR count). The molecule has 0 aliphatic heterocycles. The molecule has 0 unspecified atom stereocenters. The number of hydrogen-bond donors (Lipinski definition) is 2. The summed E-state index contributed by atoms with van der Waals surface area (Å²) in [5, 5.41) is 2.84. The Bertz CT molecular complexity index is 508. The summed E-state index contributed by atoms with van der Waals surface area (Å²) in [7, 11) is 0. The number of aromatic amines is 1. The second-order valence-corrected chi connectivity index (χ2v) is 4.30. The first-order valence-electron chi connectivity index (χ1n) is 6.22. The van der Waals surface area contributed by atoms with Gasteiger partial charge < -0.3 is 10.3 Å². The maximum Gasteiger partial charge on any atom is 0.220 e. The second-order valence-electron chi connectivity index (χ2n) is 4.30. The Kier molecular flexibility index (Phi) is 4.66. The maximum atomic E-state index is 12.7. The van der Waals surface area contributed by atoms with E-state index < -0.39 is 0 Å². The zero-order valence-electron chi connectivity index (χ0n) is 10.5. The van der Waals surface area contributed by atoms with Crippen molar-refractivity contribution in [1.29, 1.82) is 0 Å². The molecule has 0 radical (unpaired) electrons. The van der Waals surface area contributed by atoms with Gasteiger partial charge in [0, 0.05) is 24.9 Å². The highest BCUT2D eigenvalue weighted by molar-refractivity contribution is 5.76. The van der Waals surface area contributed by atoms with Crippen molar-refractivity contribution in [2.45, 2.75) is 19.3 Å². The van der Waals surface area contributed by atoms with Gasteiger partial charge in [-0.25, -0.2) is 9.37 Å². The lowest BCUT2D eigenvalue weighted by molar-refractivity contribution is -0.121. The molecule has 1 aromatic heterocycles. The lowest BCUT2D eigenvalue weighted by atomic mass is 10.1. The van der Waals surface area contributed by atoms with Crippen LogP contribution in [0.5, 0.6) is 0 Å². The van der Waals surface area contributed by atoms with Crippen LogP contribution in [0.3, 0.4) is 0 Å². The maximum absolute atomic E-state index is 12.7. The normalized spacial score (nSPS) is 10.4. The molecule has 2 aromatic rings. The van der Waals surface area contributed by atoms with Crippen LogP contribution >= 0.6 is 0 Å². The third kappa shape index (κ3) is 4.54. The van der Waals surface area contributed by atoms with Gasteiger partial charge >= 0.3 is 0 Å². The molecule has 1 aromatic carbocycles. The molecule has 5 heteroatoms. The molecular formula is C14H16FN3O. The van der Waals surface area contributed by atoms with E-state index in [1.807, 2.05) is 0 Å². The first-order valence-corrected chi connectivity index (χ1v) is 6.22. The Labute approximate surface area is 111 Å². The number of nitrogens with zero attached hydrogens (tertiary/aromatic N) is 1. The fourth-order valence-corrected chi connectivity index (χ4v) is 1.76. The third-order valence-electron chi connectivity index (χ3n) is 2.83. The van der Waals surface area contributed by atoms with E-state index in [4.69, 9.17) is 0 Å². The van der Waals surface area contributed by atoms with Crippen LogP contribution in [0.15, 0.2) is 36.8 Å². The Morgan fingerprint density at radius 1 is 1.26 bits per heavy atom. The van der Waals surface area contributed by atoms with Gasteiger partial charge in [0.2, 0.25) is 5.91 Å². The van der Waals surface area contributed by atoms with E-state index in [2.05, 4.69) is 15.3 Å². The zero-order valence-corrected chi connectivity index (χ0v) is 10.5. The van der Waals surface area contributed by atoms with Crippen molar-refractivity contribution in [2.75, 3.05) is 6.54 Å². The standard InChI is InChI=1S/C14H16FN3O/c15-12-3-1-11(2-4-12)7-8-17-14(19)6-5-13-9-16-10-18-13/h1-4,9-10H,5-8H2,(H,16,18)(H,17,19). The van der Waals surface area contributed by atoms with Crippen LogP contribution in [-0.4, -0.2) is 22.4 Å². The average molecular weight is 261 g/mol. The Morgan fingerprint density at radius 3 is 2.74 bits per heavy atom. The number of carbonyl (C=O) groups excluding carboxylic acids is 1. The molecule has 1 heterocycles. The van der Waals surface area contributed by atoms with Crippen molar-refractivity contribution in [1.82, 2.24) is 15.3 Å². The van der Waals surface area contributed by atoms with Gasteiger partial charge in [0.15, 0.2) is 0 Å². The van der Waals surface area contributed by atoms with Crippen molar-refractivity contribution < 1.29 is 9.18 Å². The van der Waals surface area contributed by atoms with Gasteiger partial charge in [0.05, 0.1) is 6.33 Å². The summed E-state index contributed by atoms with van der Waals surface area (Å²) in [4.78, 5) is 18.4. The van der Waals surface area contributed by atoms with Gasteiger partial charge in [0.25, 0.3) is 0 Å². The molecule has 0 saturated carbocycles. The number of rotatable bonds is 6. The van der Waals surface area contributed by atoms with Crippen LogP contribution in [0.4, 0.5) is 4.39 Å². The molecule has 2 N–H and O–H groups in total. The van der Waals surface area contributed by atoms with E-state index in [0.29, 0.717) is 25.8 Å². The Hall–Kier alpha value is -2.17. The molecule has 0 fully saturated rings. The molecule has 19 heavy (non-hydrogen) atoms. The Balaban J connectivity index is 1.65. The summed E-state index contributed by atoms with van der Waals surface area (Å²) in [6.45, 7) is 0.563. The van der Waals surface area contributed by atoms with Crippen molar-refractivity contribution >= 4 is 5.91 Å². The summed E-state index contributed by atoms with van der Waals surface area (Å²) in [6.07, 6.45) is 5.11. The summed E-state index contributed by atoms with van der Waals surface area (Å²) in [6, 6.07) is 6.31. The highest BCUT2D eigenvalue weighted by atomic mass is 19.1. The van der Waals surface area contributed by atoms with Crippen molar-refractivity contribution in [3.63, 3.8) is 0 Å². The summed E-state index contributed by atoms with van der Waals surface area (Å²) in [5.74, 6) is -0.232. The first-order chi connectivity index (χ1) is 9.24. The number of nitrogens with one attached hydrogen (secondary N) is 2. The van der Waals surface area contributed by atoms with Gasteiger partial charge in [0.1, 0.15) is 5.82 Å². The van der Waals surface area contributed by atoms with E-state index in [0.717, 1.165) is 11.3 Å². The summed E-state index contributed by atoms with van der Waals surface area (Å²) in [5.41, 5.74) is 1.96. The van der Waals surface area contributed by atoms with E-state index in [1.165, 1.54) is 12.1 Å². The smallest absolute Gasteiger partial charge is 0.220 e.